The number of amides is 1. The third kappa shape index (κ3) is 4.18. The molecule has 0 aliphatic rings. The van der Waals surface area contributed by atoms with Crippen LogP contribution in [0.1, 0.15) is 28.7 Å². The van der Waals surface area contributed by atoms with Gasteiger partial charge in [-0.25, -0.2) is 4.98 Å². The normalized spacial score (nSPS) is 10.4. The van der Waals surface area contributed by atoms with Gasteiger partial charge in [-0.1, -0.05) is 24.6 Å². The maximum atomic E-state index is 12.6. The van der Waals surface area contributed by atoms with E-state index in [4.69, 9.17) is 11.6 Å². The van der Waals surface area contributed by atoms with E-state index < -0.39 is 0 Å². The summed E-state index contributed by atoms with van der Waals surface area (Å²) in [5.74, 6) is 0.469. The Morgan fingerprint density at radius 3 is 2.69 bits per heavy atom. The van der Waals surface area contributed by atoms with Crippen LogP contribution in [0.15, 0.2) is 54.7 Å². The van der Waals surface area contributed by atoms with Crippen LogP contribution in [0.2, 0.25) is 5.02 Å². The number of nitrogens with one attached hydrogen (secondary N) is 2. The van der Waals surface area contributed by atoms with Crippen LogP contribution in [-0.2, 0) is 6.42 Å². The van der Waals surface area contributed by atoms with Gasteiger partial charge in [-0.15, -0.1) is 0 Å². The summed E-state index contributed by atoms with van der Waals surface area (Å²) < 4.78 is 0. The molecule has 0 aliphatic heterocycles. The van der Waals surface area contributed by atoms with E-state index >= 15 is 0 Å². The zero-order valence-electron chi connectivity index (χ0n) is 14.6. The van der Waals surface area contributed by atoms with Crippen molar-refractivity contribution in [3.05, 3.63) is 76.7 Å². The van der Waals surface area contributed by atoms with Gasteiger partial charge in [0.2, 0.25) is 0 Å². The number of benzene rings is 1. The summed E-state index contributed by atoms with van der Waals surface area (Å²) in [6.45, 7) is 3.87. The molecule has 132 valence electrons. The van der Waals surface area contributed by atoms with Crippen LogP contribution in [0.3, 0.4) is 0 Å². The average Bonchev–Trinajstić information content (AvgIpc) is 2.65. The Hall–Kier alpha value is -2.92. The first-order valence-electron chi connectivity index (χ1n) is 8.32. The van der Waals surface area contributed by atoms with Crippen molar-refractivity contribution in [1.82, 2.24) is 9.97 Å². The molecular weight excluding hydrogens is 348 g/mol. The molecule has 2 N–H and O–H groups in total. The zero-order valence-corrected chi connectivity index (χ0v) is 15.3. The number of carbonyl (C=O) groups is 1. The van der Waals surface area contributed by atoms with Gasteiger partial charge in [-0.3, -0.25) is 9.78 Å². The second-order valence-electron chi connectivity index (χ2n) is 5.78. The third-order valence-electron chi connectivity index (χ3n) is 3.90. The van der Waals surface area contributed by atoms with Gasteiger partial charge in [-0.05, 0) is 55.8 Å². The molecule has 5 nitrogen and oxygen atoms in total. The van der Waals surface area contributed by atoms with Crippen LogP contribution in [0, 0.1) is 6.92 Å². The fraction of sp³-hybridized carbons (Fsp3) is 0.150. The molecule has 0 radical (unpaired) electrons. The summed E-state index contributed by atoms with van der Waals surface area (Å²) in [5.41, 5.74) is 3.53. The van der Waals surface area contributed by atoms with Crippen LogP contribution < -0.4 is 10.6 Å². The molecule has 0 atom stereocenters. The Morgan fingerprint density at radius 2 is 2.00 bits per heavy atom. The van der Waals surface area contributed by atoms with E-state index in [1.807, 2.05) is 38.1 Å². The lowest BCUT2D eigenvalue weighted by molar-refractivity contribution is 0.102. The Morgan fingerprint density at radius 1 is 1.15 bits per heavy atom. The van der Waals surface area contributed by atoms with Crippen LogP contribution in [0.4, 0.5) is 17.2 Å². The standard InChI is InChI=1S/C20H19ClN4O/c1-3-14-7-9-16(13(2)23-14)20(26)24-15-8-10-17(21)18(12-15)25-19-6-4-5-11-22-19/h4-12H,3H2,1-2H3,(H,22,25)(H,24,26). The molecule has 2 aromatic heterocycles. The molecule has 26 heavy (non-hydrogen) atoms. The molecule has 0 aliphatic carbocycles. The number of aryl methyl sites for hydroxylation is 2. The Labute approximate surface area is 157 Å². The van der Waals surface area contributed by atoms with Crippen LogP contribution in [-0.4, -0.2) is 15.9 Å². The number of anilines is 3. The number of rotatable bonds is 5. The van der Waals surface area contributed by atoms with Gasteiger partial charge >= 0.3 is 0 Å². The molecule has 0 fully saturated rings. The number of hydrogen-bond donors (Lipinski definition) is 2. The molecule has 1 amide bonds. The van der Waals surface area contributed by atoms with E-state index in [0.29, 0.717) is 33.5 Å². The van der Waals surface area contributed by atoms with E-state index in [9.17, 15) is 4.79 Å². The number of nitrogens with zero attached hydrogens (tertiary/aromatic N) is 2. The molecule has 0 spiro atoms. The highest BCUT2D eigenvalue weighted by atomic mass is 35.5. The van der Waals surface area contributed by atoms with Crippen LogP contribution >= 0.6 is 11.6 Å². The summed E-state index contributed by atoms with van der Waals surface area (Å²) in [4.78, 5) is 21.2. The lowest BCUT2D eigenvalue weighted by Gasteiger charge is -2.12. The lowest BCUT2D eigenvalue weighted by atomic mass is 10.1. The molecule has 3 rings (SSSR count). The third-order valence-corrected chi connectivity index (χ3v) is 4.23. The molecular formula is C20H19ClN4O. The number of carbonyl (C=O) groups excluding carboxylic acids is 1. The Kier molecular flexibility index (Phi) is 5.49. The Balaban J connectivity index is 1.79. The quantitative estimate of drug-likeness (QED) is 0.667. The van der Waals surface area contributed by atoms with Crippen molar-refractivity contribution < 1.29 is 4.79 Å². The number of aromatic nitrogens is 2. The first-order chi connectivity index (χ1) is 12.6. The highest BCUT2D eigenvalue weighted by molar-refractivity contribution is 6.33. The predicted octanol–water partition coefficient (Wildman–Crippen LogP) is 5.00. The van der Waals surface area contributed by atoms with Gasteiger partial charge in [0.15, 0.2) is 0 Å². The van der Waals surface area contributed by atoms with E-state index in [1.54, 1.807) is 30.5 Å². The van der Waals surface area contributed by atoms with Crippen molar-refractivity contribution in [2.75, 3.05) is 10.6 Å². The van der Waals surface area contributed by atoms with E-state index in [2.05, 4.69) is 20.6 Å². The van der Waals surface area contributed by atoms with Crippen molar-refractivity contribution in [3.63, 3.8) is 0 Å². The second kappa shape index (κ2) is 7.97. The second-order valence-corrected chi connectivity index (χ2v) is 6.19. The fourth-order valence-corrected chi connectivity index (χ4v) is 2.69. The maximum Gasteiger partial charge on any atom is 0.257 e. The summed E-state index contributed by atoms with van der Waals surface area (Å²) in [7, 11) is 0. The number of pyridine rings is 2. The molecule has 2 heterocycles. The first-order valence-corrected chi connectivity index (χ1v) is 8.70. The molecule has 0 unspecified atom stereocenters. The minimum atomic E-state index is -0.205. The van der Waals surface area contributed by atoms with Crippen LogP contribution in [0.5, 0.6) is 0 Å². The van der Waals surface area contributed by atoms with E-state index in [-0.39, 0.29) is 5.91 Å². The fourth-order valence-electron chi connectivity index (χ4n) is 2.52. The molecule has 0 bridgehead atoms. The van der Waals surface area contributed by atoms with E-state index in [1.165, 1.54) is 0 Å². The topological polar surface area (TPSA) is 66.9 Å². The van der Waals surface area contributed by atoms with Crippen molar-refractivity contribution in [2.24, 2.45) is 0 Å². The highest BCUT2D eigenvalue weighted by Crippen LogP contribution is 2.28. The molecule has 0 saturated carbocycles. The monoisotopic (exact) mass is 366 g/mol. The lowest BCUT2D eigenvalue weighted by Crippen LogP contribution is -2.14. The molecule has 0 saturated heterocycles. The maximum absolute atomic E-state index is 12.6. The molecule has 6 heteroatoms. The predicted molar refractivity (Wildman–Crippen MR) is 105 cm³/mol. The zero-order chi connectivity index (χ0) is 18.5. The van der Waals surface area contributed by atoms with Crippen LogP contribution in [0.25, 0.3) is 0 Å². The van der Waals surface area contributed by atoms with Crippen molar-refractivity contribution >= 4 is 34.7 Å². The van der Waals surface area contributed by atoms with Crippen molar-refractivity contribution in [1.29, 1.82) is 0 Å². The molecule has 3 aromatic rings. The van der Waals surface area contributed by atoms with Gasteiger partial charge in [0, 0.05) is 17.6 Å². The number of hydrogen-bond acceptors (Lipinski definition) is 4. The SMILES string of the molecule is CCc1ccc(C(=O)Nc2ccc(Cl)c(Nc3ccccn3)c2)c(C)n1. The Bertz CT molecular complexity index is 928. The van der Waals surface area contributed by atoms with Gasteiger partial charge < -0.3 is 10.6 Å². The minimum absolute atomic E-state index is 0.205. The van der Waals surface area contributed by atoms with Gasteiger partial charge in [0.1, 0.15) is 5.82 Å². The summed E-state index contributed by atoms with van der Waals surface area (Å²) in [6, 6.07) is 14.5. The first kappa shape index (κ1) is 17.9. The summed E-state index contributed by atoms with van der Waals surface area (Å²) >= 11 is 6.25. The van der Waals surface area contributed by atoms with E-state index in [0.717, 1.165) is 12.1 Å². The van der Waals surface area contributed by atoms with Gasteiger partial charge in [0.05, 0.1) is 22.0 Å². The molecule has 1 aromatic carbocycles. The summed E-state index contributed by atoms with van der Waals surface area (Å²) in [5, 5.41) is 6.58. The van der Waals surface area contributed by atoms with Gasteiger partial charge in [-0.2, -0.15) is 0 Å². The van der Waals surface area contributed by atoms with Crippen molar-refractivity contribution in [3.8, 4) is 0 Å². The highest BCUT2D eigenvalue weighted by Gasteiger charge is 2.12. The summed E-state index contributed by atoms with van der Waals surface area (Å²) in [6.07, 6.45) is 2.53. The van der Waals surface area contributed by atoms with Crippen molar-refractivity contribution in [2.45, 2.75) is 20.3 Å². The smallest absolute Gasteiger partial charge is 0.257 e. The van der Waals surface area contributed by atoms with Gasteiger partial charge in [0.25, 0.3) is 5.91 Å². The number of halogens is 1. The average molecular weight is 367 g/mol. The minimum Gasteiger partial charge on any atom is -0.339 e. The largest absolute Gasteiger partial charge is 0.339 e.